The third-order valence-corrected chi connectivity index (χ3v) is 7.22. The van der Waals surface area contributed by atoms with Crippen molar-refractivity contribution in [3.05, 3.63) is 23.8 Å². The summed E-state index contributed by atoms with van der Waals surface area (Å²) < 4.78 is 17.2. The maximum Gasteiger partial charge on any atom is 0.330 e. The third-order valence-electron chi connectivity index (χ3n) is 6.34. The van der Waals surface area contributed by atoms with Gasteiger partial charge in [0.1, 0.15) is 12.2 Å². The Morgan fingerprint density at radius 1 is 1.22 bits per heavy atom. The first-order chi connectivity index (χ1) is 15.2. The lowest BCUT2D eigenvalue weighted by Gasteiger charge is -2.43. The molecule has 3 heterocycles. The summed E-state index contributed by atoms with van der Waals surface area (Å²) in [4.78, 5) is 24.2. The van der Waals surface area contributed by atoms with Gasteiger partial charge >= 0.3 is 5.97 Å². The standard InChI is InChI=1S/C23H35NO7S/c1-14-4-7-16-11-17(12-23(28,31-16)20-13-32-22(27)24-20)30-21(26)10-15(2)5-8-18(25)19(29-3)9-6-14/h6,9-10,14,16-20,25,28H,4-5,7-8,11-13H2,1-3H3,(H,24,27). The molecule has 3 rings (SSSR count). The fourth-order valence-corrected chi connectivity index (χ4v) is 5.31. The van der Waals surface area contributed by atoms with Gasteiger partial charge in [0.25, 0.3) is 5.24 Å². The molecule has 3 N–H and O–H groups in total. The lowest BCUT2D eigenvalue weighted by Crippen LogP contribution is -2.58. The average molecular weight is 470 g/mol. The summed E-state index contributed by atoms with van der Waals surface area (Å²) in [7, 11) is 1.57. The Labute approximate surface area is 193 Å². The largest absolute Gasteiger partial charge is 0.459 e. The van der Waals surface area contributed by atoms with Gasteiger partial charge in [0.15, 0.2) is 5.79 Å². The maximum absolute atomic E-state index is 12.5. The van der Waals surface area contributed by atoms with Gasteiger partial charge < -0.3 is 29.7 Å². The van der Waals surface area contributed by atoms with Crippen molar-refractivity contribution in [3.8, 4) is 0 Å². The topological polar surface area (TPSA) is 114 Å². The number of thioether (sulfide) groups is 1. The molecule has 0 saturated carbocycles. The predicted octanol–water partition coefficient (Wildman–Crippen LogP) is 2.68. The van der Waals surface area contributed by atoms with E-state index < -0.39 is 36.1 Å². The molecule has 0 radical (unpaired) electrons. The number of esters is 1. The number of nitrogens with one attached hydrogen (secondary N) is 1. The first-order valence-electron chi connectivity index (χ1n) is 11.3. The molecule has 2 bridgehead atoms. The molecular weight excluding hydrogens is 434 g/mol. The third kappa shape index (κ3) is 6.81. The molecule has 32 heavy (non-hydrogen) atoms. The van der Waals surface area contributed by atoms with E-state index >= 15 is 0 Å². The van der Waals surface area contributed by atoms with Crippen LogP contribution < -0.4 is 5.32 Å². The van der Waals surface area contributed by atoms with Crippen molar-refractivity contribution in [3.63, 3.8) is 0 Å². The highest BCUT2D eigenvalue weighted by Gasteiger charge is 2.49. The van der Waals surface area contributed by atoms with Crippen molar-refractivity contribution in [1.29, 1.82) is 0 Å². The lowest BCUT2D eigenvalue weighted by atomic mass is 9.90. The van der Waals surface area contributed by atoms with Gasteiger partial charge in [0, 0.05) is 31.8 Å². The van der Waals surface area contributed by atoms with E-state index in [2.05, 4.69) is 12.2 Å². The number of aliphatic hydroxyl groups excluding tert-OH is 1. The van der Waals surface area contributed by atoms with E-state index in [1.807, 2.05) is 19.1 Å². The summed E-state index contributed by atoms with van der Waals surface area (Å²) in [6.45, 7) is 3.90. The second-order valence-electron chi connectivity index (χ2n) is 9.12. The maximum atomic E-state index is 12.5. The molecule has 0 aromatic heterocycles. The first-order valence-corrected chi connectivity index (χ1v) is 12.3. The van der Waals surface area contributed by atoms with Crippen molar-refractivity contribution in [2.24, 2.45) is 5.92 Å². The molecule has 0 spiro atoms. The molecule has 8 nitrogen and oxygen atoms in total. The zero-order valence-corrected chi connectivity index (χ0v) is 19.8. The second kappa shape index (κ2) is 11.2. The molecule has 2 saturated heterocycles. The molecule has 3 aliphatic rings. The van der Waals surface area contributed by atoms with E-state index in [0.29, 0.717) is 31.4 Å². The summed E-state index contributed by atoms with van der Waals surface area (Å²) in [6.07, 6.45) is 6.48. The Morgan fingerprint density at radius 3 is 2.69 bits per heavy atom. The molecule has 7 unspecified atom stereocenters. The zero-order valence-electron chi connectivity index (χ0n) is 19.0. The number of aliphatic hydroxyl groups is 2. The Hall–Kier alpha value is -1.39. The summed E-state index contributed by atoms with van der Waals surface area (Å²) in [5, 5.41) is 24.3. The number of carbonyl (C=O) groups is 2. The molecule has 2 fully saturated rings. The molecule has 180 valence electrons. The average Bonchev–Trinajstić information content (AvgIpc) is 3.17. The summed E-state index contributed by atoms with van der Waals surface area (Å²) >= 11 is 1.11. The van der Waals surface area contributed by atoms with Crippen molar-refractivity contribution < 1.29 is 34.0 Å². The minimum Gasteiger partial charge on any atom is -0.459 e. The van der Waals surface area contributed by atoms with Gasteiger partial charge in [-0.05, 0) is 38.5 Å². The number of amides is 1. The molecule has 0 aromatic rings. The van der Waals surface area contributed by atoms with Gasteiger partial charge in [0.05, 0.1) is 18.2 Å². The van der Waals surface area contributed by atoms with E-state index in [4.69, 9.17) is 14.2 Å². The summed E-state index contributed by atoms with van der Waals surface area (Å²) in [5.74, 6) is -1.45. The Bertz CT molecular complexity index is 742. The SMILES string of the molecule is COC1C=CC(C)CCC2CC(CC(O)(C3CSC(=O)N3)O2)OC(=O)C=C(C)CCC1O. The number of methoxy groups -OCH3 is 1. The number of allylic oxidation sites excluding steroid dienone is 2. The van der Waals surface area contributed by atoms with E-state index in [9.17, 15) is 19.8 Å². The fraction of sp³-hybridized carbons (Fsp3) is 0.739. The van der Waals surface area contributed by atoms with Crippen LogP contribution in [0.25, 0.3) is 0 Å². The van der Waals surface area contributed by atoms with E-state index in [1.165, 1.54) is 6.08 Å². The quantitative estimate of drug-likeness (QED) is 0.418. The van der Waals surface area contributed by atoms with Crippen molar-refractivity contribution in [1.82, 2.24) is 5.32 Å². The Balaban J connectivity index is 1.79. The lowest BCUT2D eigenvalue weighted by molar-refractivity contribution is -0.283. The Kier molecular flexibility index (Phi) is 8.80. The number of rotatable bonds is 2. The van der Waals surface area contributed by atoms with Gasteiger partial charge in [-0.2, -0.15) is 0 Å². The molecule has 1 amide bonds. The van der Waals surface area contributed by atoms with Crippen LogP contribution in [0.5, 0.6) is 0 Å². The number of hydrogen-bond acceptors (Lipinski definition) is 8. The van der Waals surface area contributed by atoms with Crippen LogP contribution in [0, 0.1) is 5.92 Å². The fourth-order valence-electron chi connectivity index (χ4n) is 4.43. The number of carbonyl (C=O) groups excluding carboxylic acids is 2. The van der Waals surface area contributed by atoms with Crippen LogP contribution in [-0.2, 0) is 19.0 Å². The van der Waals surface area contributed by atoms with Gasteiger partial charge in [-0.15, -0.1) is 0 Å². The second-order valence-corrected chi connectivity index (χ2v) is 10.1. The predicted molar refractivity (Wildman–Crippen MR) is 121 cm³/mol. The monoisotopic (exact) mass is 469 g/mol. The van der Waals surface area contributed by atoms with Crippen molar-refractivity contribution in [2.75, 3.05) is 12.9 Å². The minimum absolute atomic E-state index is 0.108. The molecule has 0 aliphatic carbocycles. The van der Waals surface area contributed by atoms with E-state index in [1.54, 1.807) is 7.11 Å². The number of fused-ring (bicyclic) bond motifs is 2. The van der Waals surface area contributed by atoms with Gasteiger partial charge in [-0.25, -0.2) is 4.79 Å². The molecule has 9 heteroatoms. The highest BCUT2D eigenvalue weighted by atomic mass is 32.2. The van der Waals surface area contributed by atoms with Crippen molar-refractivity contribution >= 4 is 23.0 Å². The zero-order chi connectivity index (χ0) is 23.3. The van der Waals surface area contributed by atoms with Crippen LogP contribution in [0.3, 0.4) is 0 Å². The Morgan fingerprint density at radius 2 is 2.00 bits per heavy atom. The smallest absolute Gasteiger partial charge is 0.330 e. The highest BCUT2D eigenvalue weighted by Crippen LogP contribution is 2.37. The van der Waals surface area contributed by atoms with Crippen LogP contribution >= 0.6 is 11.8 Å². The van der Waals surface area contributed by atoms with Crippen LogP contribution in [0.1, 0.15) is 52.4 Å². The van der Waals surface area contributed by atoms with Gasteiger partial charge in [0.2, 0.25) is 0 Å². The molecule has 7 atom stereocenters. The number of ether oxygens (including phenoxy) is 3. The molecular formula is C23H35NO7S. The van der Waals surface area contributed by atoms with Crippen LogP contribution in [-0.4, -0.2) is 70.5 Å². The molecule has 0 aromatic carbocycles. The minimum atomic E-state index is -1.58. The van der Waals surface area contributed by atoms with E-state index in [0.717, 1.165) is 23.8 Å². The highest BCUT2D eigenvalue weighted by molar-refractivity contribution is 8.14. The number of hydrogen-bond donors (Lipinski definition) is 3. The van der Waals surface area contributed by atoms with Crippen LogP contribution in [0.4, 0.5) is 4.79 Å². The molecule has 3 aliphatic heterocycles. The normalized spacial score (nSPS) is 39.8. The van der Waals surface area contributed by atoms with Crippen LogP contribution in [0.15, 0.2) is 23.8 Å². The van der Waals surface area contributed by atoms with Crippen LogP contribution in [0.2, 0.25) is 0 Å². The first kappa shape index (κ1) is 25.2. The van der Waals surface area contributed by atoms with Gasteiger partial charge in [-0.1, -0.05) is 36.4 Å². The summed E-state index contributed by atoms with van der Waals surface area (Å²) in [5.41, 5.74) is 0.798. The van der Waals surface area contributed by atoms with Crippen molar-refractivity contribution in [2.45, 2.75) is 88.6 Å². The van der Waals surface area contributed by atoms with E-state index in [-0.39, 0.29) is 23.7 Å². The summed E-state index contributed by atoms with van der Waals surface area (Å²) in [6, 6.07) is -0.548. The van der Waals surface area contributed by atoms with Gasteiger partial charge in [-0.3, -0.25) is 4.79 Å².